The summed E-state index contributed by atoms with van der Waals surface area (Å²) in [5.41, 5.74) is 0.686. The number of carbonyl (C=O) groups excluding carboxylic acids is 1. The molecule has 0 atom stereocenters. The number of nitriles is 1. The van der Waals surface area contributed by atoms with Crippen LogP contribution in [0.15, 0.2) is 35.9 Å². The molecule has 20 heavy (non-hydrogen) atoms. The zero-order valence-corrected chi connectivity index (χ0v) is 11.3. The smallest absolute Gasteiger partial charge is 0.348 e. The molecule has 0 aliphatic rings. The van der Waals surface area contributed by atoms with E-state index in [-0.39, 0.29) is 17.9 Å². The maximum absolute atomic E-state index is 11.4. The number of hydrogen-bond acceptors (Lipinski definition) is 5. The van der Waals surface area contributed by atoms with E-state index in [1.165, 1.54) is 19.3 Å². The lowest BCUT2D eigenvalue weighted by Gasteiger charge is -2.03. The normalized spacial score (nSPS) is 11.2. The van der Waals surface area contributed by atoms with Gasteiger partial charge in [-0.2, -0.15) is 5.26 Å². The zero-order chi connectivity index (χ0) is 15.0. The van der Waals surface area contributed by atoms with E-state index in [4.69, 9.17) is 14.7 Å². The molecule has 5 heteroatoms. The molecule has 0 fully saturated rings. The molecule has 0 unspecified atom stereocenters. The standard InChI is InChI=1S/C15H15NO4/c1-3-20-15(18)12(10-16)6-4-5-11-7-8-13(17)14(9-11)19-2/h4-9,17H,3H2,1-2H3/b5-4+,12-6+. The molecule has 1 N–H and O–H groups in total. The van der Waals surface area contributed by atoms with Gasteiger partial charge in [-0.05, 0) is 30.7 Å². The molecule has 104 valence electrons. The van der Waals surface area contributed by atoms with Crippen LogP contribution in [0.25, 0.3) is 6.08 Å². The highest BCUT2D eigenvalue weighted by atomic mass is 16.5. The number of benzene rings is 1. The van der Waals surface area contributed by atoms with Crippen molar-refractivity contribution in [3.8, 4) is 17.6 Å². The van der Waals surface area contributed by atoms with Gasteiger partial charge in [0.1, 0.15) is 11.6 Å². The number of ether oxygens (including phenoxy) is 2. The number of allylic oxidation sites excluding steroid dienone is 2. The third-order valence-electron chi connectivity index (χ3n) is 2.37. The van der Waals surface area contributed by atoms with Crippen LogP contribution in [-0.4, -0.2) is 24.8 Å². The zero-order valence-electron chi connectivity index (χ0n) is 11.3. The average Bonchev–Trinajstić information content (AvgIpc) is 2.45. The van der Waals surface area contributed by atoms with Gasteiger partial charge < -0.3 is 14.6 Å². The Balaban J connectivity index is 2.87. The summed E-state index contributed by atoms with van der Waals surface area (Å²) in [6.07, 6.45) is 4.61. The second-order valence-corrected chi connectivity index (χ2v) is 3.70. The Kier molecular flexibility index (Phi) is 5.85. The molecule has 0 amide bonds. The van der Waals surface area contributed by atoms with E-state index in [2.05, 4.69) is 0 Å². The predicted molar refractivity (Wildman–Crippen MR) is 74.0 cm³/mol. The molecule has 5 nitrogen and oxygen atoms in total. The quantitative estimate of drug-likeness (QED) is 0.386. The topological polar surface area (TPSA) is 79.6 Å². The molecule has 1 aromatic rings. The number of phenols is 1. The van der Waals surface area contributed by atoms with E-state index in [0.29, 0.717) is 5.75 Å². The highest BCUT2D eigenvalue weighted by Gasteiger charge is 2.07. The minimum atomic E-state index is -0.650. The van der Waals surface area contributed by atoms with Crippen molar-refractivity contribution in [3.05, 3.63) is 41.5 Å². The minimum Gasteiger partial charge on any atom is -0.504 e. The number of carbonyl (C=O) groups is 1. The Labute approximate surface area is 117 Å². The van der Waals surface area contributed by atoms with Crippen LogP contribution in [0, 0.1) is 11.3 Å². The van der Waals surface area contributed by atoms with Gasteiger partial charge in [0.15, 0.2) is 11.5 Å². The van der Waals surface area contributed by atoms with Crippen molar-refractivity contribution < 1.29 is 19.4 Å². The summed E-state index contributed by atoms with van der Waals surface area (Å²) < 4.78 is 9.71. The van der Waals surface area contributed by atoms with Crippen LogP contribution in [0.3, 0.4) is 0 Å². The van der Waals surface area contributed by atoms with Crippen LogP contribution in [0.4, 0.5) is 0 Å². The summed E-state index contributed by atoms with van der Waals surface area (Å²) in [5, 5.41) is 18.3. The maximum atomic E-state index is 11.4. The van der Waals surface area contributed by atoms with Crippen LogP contribution >= 0.6 is 0 Å². The first-order valence-corrected chi connectivity index (χ1v) is 5.95. The van der Waals surface area contributed by atoms with Gasteiger partial charge in [0, 0.05) is 0 Å². The fourth-order valence-electron chi connectivity index (χ4n) is 1.41. The van der Waals surface area contributed by atoms with Gasteiger partial charge in [-0.1, -0.05) is 18.2 Å². The van der Waals surface area contributed by atoms with E-state index in [1.54, 1.807) is 37.3 Å². The maximum Gasteiger partial charge on any atom is 0.348 e. The number of nitrogens with zero attached hydrogens (tertiary/aromatic N) is 1. The third kappa shape index (κ3) is 4.18. The highest BCUT2D eigenvalue weighted by molar-refractivity contribution is 5.93. The molecule has 0 radical (unpaired) electrons. The fraction of sp³-hybridized carbons (Fsp3) is 0.200. The molecule has 0 bridgehead atoms. The fourth-order valence-corrected chi connectivity index (χ4v) is 1.41. The van der Waals surface area contributed by atoms with Crippen LogP contribution < -0.4 is 4.74 Å². The molecule has 0 aromatic heterocycles. The molecular formula is C15H15NO4. The van der Waals surface area contributed by atoms with Crippen LogP contribution in [0.5, 0.6) is 11.5 Å². The molecule has 0 saturated carbocycles. The van der Waals surface area contributed by atoms with E-state index in [1.807, 2.05) is 0 Å². The first-order chi connectivity index (χ1) is 9.62. The predicted octanol–water partition coefficient (Wildman–Crippen LogP) is 2.43. The molecule has 0 aliphatic carbocycles. The molecule has 0 aliphatic heterocycles. The number of phenolic OH excluding ortho intramolecular Hbond substituents is 1. The summed E-state index contributed by atoms with van der Waals surface area (Å²) in [5.74, 6) is -0.255. The first-order valence-electron chi connectivity index (χ1n) is 5.95. The van der Waals surface area contributed by atoms with Crippen molar-refractivity contribution in [1.82, 2.24) is 0 Å². The lowest BCUT2D eigenvalue weighted by atomic mass is 10.1. The highest BCUT2D eigenvalue weighted by Crippen LogP contribution is 2.26. The van der Waals surface area contributed by atoms with Crippen molar-refractivity contribution in [3.63, 3.8) is 0 Å². The minimum absolute atomic E-state index is 0.0458. The Morgan fingerprint density at radius 1 is 1.50 bits per heavy atom. The van der Waals surface area contributed by atoms with Gasteiger partial charge >= 0.3 is 5.97 Å². The Hall–Kier alpha value is -2.74. The van der Waals surface area contributed by atoms with Gasteiger partial charge in [0.2, 0.25) is 0 Å². The van der Waals surface area contributed by atoms with Crippen molar-refractivity contribution in [2.75, 3.05) is 13.7 Å². The Morgan fingerprint density at radius 2 is 2.25 bits per heavy atom. The molecule has 1 aromatic carbocycles. The lowest BCUT2D eigenvalue weighted by Crippen LogP contribution is -2.05. The van der Waals surface area contributed by atoms with E-state index < -0.39 is 5.97 Å². The van der Waals surface area contributed by atoms with Crippen molar-refractivity contribution in [1.29, 1.82) is 5.26 Å². The van der Waals surface area contributed by atoms with Crippen molar-refractivity contribution in [2.24, 2.45) is 0 Å². The van der Waals surface area contributed by atoms with E-state index in [9.17, 15) is 9.90 Å². The largest absolute Gasteiger partial charge is 0.504 e. The number of methoxy groups -OCH3 is 1. The van der Waals surface area contributed by atoms with Crippen LogP contribution in [0.1, 0.15) is 12.5 Å². The number of esters is 1. The number of aromatic hydroxyl groups is 1. The van der Waals surface area contributed by atoms with Gasteiger partial charge in [-0.15, -0.1) is 0 Å². The van der Waals surface area contributed by atoms with E-state index in [0.717, 1.165) is 5.56 Å². The van der Waals surface area contributed by atoms with Crippen molar-refractivity contribution in [2.45, 2.75) is 6.92 Å². The van der Waals surface area contributed by atoms with Gasteiger partial charge in [-0.3, -0.25) is 0 Å². The third-order valence-corrected chi connectivity index (χ3v) is 2.37. The Morgan fingerprint density at radius 3 is 2.85 bits per heavy atom. The second-order valence-electron chi connectivity index (χ2n) is 3.70. The molecule has 0 spiro atoms. The summed E-state index contributed by atoms with van der Waals surface area (Å²) in [7, 11) is 1.46. The number of rotatable bonds is 5. The summed E-state index contributed by atoms with van der Waals surface area (Å²) >= 11 is 0. The Bertz CT molecular complexity index is 582. The molecule has 0 saturated heterocycles. The molecular weight excluding hydrogens is 258 g/mol. The summed E-state index contributed by atoms with van der Waals surface area (Å²) in [6.45, 7) is 1.89. The monoisotopic (exact) mass is 273 g/mol. The van der Waals surface area contributed by atoms with E-state index >= 15 is 0 Å². The second kappa shape index (κ2) is 7.64. The van der Waals surface area contributed by atoms with Gasteiger partial charge in [-0.25, -0.2) is 4.79 Å². The number of hydrogen-bond donors (Lipinski definition) is 1. The SMILES string of the molecule is CCOC(=O)/C(C#N)=C/C=C/c1ccc(O)c(OC)c1. The van der Waals surface area contributed by atoms with Crippen LogP contribution in [0.2, 0.25) is 0 Å². The average molecular weight is 273 g/mol. The lowest BCUT2D eigenvalue weighted by molar-refractivity contribution is -0.138. The van der Waals surface area contributed by atoms with Crippen LogP contribution in [-0.2, 0) is 9.53 Å². The van der Waals surface area contributed by atoms with Crippen molar-refractivity contribution >= 4 is 12.0 Å². The van der Waals surface area contributed by atoms with Gasteiger partial charge in [0.25, 0.3) is 0 Å². The first kappa shape index (κ1) is 15.3. The molecule has 1 rings (SSSR count). The molecule has 0 heterocycles. The summed E-state index contributed by atoms with van der Waals surface area (Å²) in [6, 6.07) is 6.59. The van der Waals surface area contributed by atoms with Gasteiger partial charge in [0.05, 0.1) is 13.7 Å². The summed E-state index contributed by atoms with van der Waals surface area (Å²) in [4.78, 5) is 11.4.